The fourth-order valence-electron chi connectivity index (χ4n) is 3.50. The molecule has 1 saturated carbocycles. The molecule has 5 nitrogen and oxygen atoms in total. The minimum atomic E-state index is -4.83. The van der Waals surface area contributed by atoms with Crippen molar-refractivity contribution in [3.63, 3.8) is 0 Å². The van der Waals surface area contributed by atoms with E-state index in [9.17, 15) is 21.6 Å². The second-order valence-electron chi connectivity index (χ2n) is 7.93. The molecular weight excluding hydrogens is 488 g/mol. The summed E-state index contributed by atoms with van der Waals surface area (Å²) in [7, 11) is -3.72. The monoisotopic (exact) mass is 506 g/mol. The molecule has 4 rings (SSSR count). The number of hydrogen-bond acceptors (Lipinski definition) is 4. The van der Waals surface area contributed by atoms with Crippen LogP contribution in [0.3, 0.4) is 0 Å². The lowest BCUT2D eigenvalue weighted by Gasteiger charge is -2.28. The molecule has 2 N–H and O–H groups in total. The van der Waals surface area contributed by atoms with Gasteiger partial charge < -0.3 is 0 Å². The smallest absolute Gasteiger partial charge is 0.265 e. The summed E-state index contributed by atoms with van der Waals surface area (Å²) < 4.78 is 70.1. The lowest BCUT2D eigenvalue weighted by molar-refractivity contribution is -0.269. The lowest BCUT2D eigenvalue weighted by atomic mass is 9.91. The largest absolute Gasteiger partial charge is 0.428 e. The number of benzene rings is 2. The SMILES string of the molecule is Cc1cc(C2=CC(c3cc(Cl)cc(Cl)c3)(C(F)(F)F)ON2)ccc1S(=O)(=O)NCC1CC1. The molecule has 32 heavy (non-hydrogen) atoms. The maximum absolute atomic E-state index is 14.1. The summed E-state index contributed by atoms with van der Waals surface area (Å²) >= 11 is 11.8. The first-order valence-electron chi connectivity index (χ1n) is 9.72. The average Bonchev–Trinajstić information content (AvgIpc) is 3.40. The zero-order chi connectivity index (χ0) is 23.3. The van der Waals surface area contributed by atoms with Gasteiger partial charge >= 0.3 is 6.18 Å². The van der Waals surface area contributed by atoms with E-state index in [0.717, 1.165) is 31.1 Å². The molecule has 0 radical (unpaired) electrons. The summed E-state index contributed by atoms with van der Waals surface area (Å²) in [5.41, 5.74) is -0.00678. The summed E-state index contributed by atoms with van der Waals surface area (Å²) in [6.45, 7) is 1.96. The number of aryl methyl sites for hydroxylation is 1. The van der Waals surface area contributed by atoms with Crippen LogP contribution >= 0.6 is 23.2 Å². The molecule has 0 spiro atoms. The van der Waals surface area contributed by atoms with Gasteiger partial charge in [0.25, 0.3) is 0 Å². The van der Waals surface area contributed by atoms with Gasteiger partial charge in [-0.1, -0.05) is 29.3 Å². The highest BCUT2D eigenvalue weighted by molar-refractivity contribution is 7.89. The van der Waals surface area contributed by atoms with Gasteiger partial charge in [-0.15, -0.1) is 0 Å². The molecule has 172 valence electrons. The van der Waals surface area contributed by atoms with Gasteiger partial charge in [0, 0.05) is 27.7 Å². The molecule has 1 fully saturated rings. The van der Waals surface area contributed by atoms with E-state index in [1.807, 2.05) is 0 Å². The van der Waals surface area contributed by atoms with E-state index in [-0.39, 0.29) is 26.2 Å². The fourth-order valence-corrected chi connectivity index (χ4v) is 5.37. The summed E-state index contributed by atoms with van der Waals surface area (Å²) in [5, 5.41) is 0.0661. The van der Waals surface area contributed by atoms with E-state index >= 15 is 0 Å². The van der Waals surface area contributed by atoms with Crippen LogP contribution in [-0.2, 0) is 20.5 Å². The van der Waals surface area contributed by atoms with Crippen LogP contribution < -0.4 is 10.2 Å². The van der Waals surface area contributed by atoms with Gasteiger partial charge in [-0.2, -0.15) is 13.2 Å². The molecule has 2 aromatic carbocycles. The Labute approximate surface area is 193 Å². The molecule has 1 aliphatic carbocycles. The first-order chi connectivity index (χ1) is 14.9. The maximum Gasteiger partial charge on any atom is 0.428 e. The number of hydrogen-bond donors (Lipinski definition) is 2. The second-order valence-corrected chi connectivity index (χ2v) is 10.5. The first kappa shape index (κ1) is 23.4. The zero-order valence-corrected chi connectivity index (χ0v) is 19.1. The van der Waals surface area contributed by atoms with Crippen molar-refractivity contribution in [3.05, 3.63) is 69.2 Å². The Hall–Kier alpha value is -1.78. The summed E-state index contributed by atoms with van der Waals surface area (Å²) in [5.74, 6) is 0.366. The molecule has 0 saturated heterocycles. The van der Waals surface area contributed by atoms with Crippen LogP contribution in [0.15, 0.2) is 47.4 Å². The Bertz CT molecular complexity index is 1180. The highest BCUT2D eigenvalue weighted by Crippen LogP contribution is 2.48. The topological polar surface area (TPSA) is 67.4 Å². The van der Waals surface area contributed by atoms with Gasteiger partial charge in [0.1, 0.15) is 0 Å². The van der Waals surface area contributed by atoms with E-state index in [4.69, 9.17) is 28.0 Å². The molecule has 1 unspecified atom stereocenters. The van der Waals surface area contributed by atoms with Crippen LogP contribution in [0.4, 0.5) is 13.2 Å². The van der Waals surface area contributed by atoms with E-state index in [2.05, 4.69) is 10.2 Å². The number of sulfonamides is 1. The predicted molar refractivity (Wildman–Crippen MR) is 115 cm³/mol. The van der Waals surface area contributed by atoms with Gasteiger partial charge in [-0.3, -0.25) is 10.3 Å². The van der Waals surface area contributed by atoms with Crippen molar-refractivity contribution in [3.8, 4) is 0 Å². The Balaban J connectivity index is 1.70. The highest BCUT2D eigenvalue weighted by Gasteiger charge is 2.59. The summed E-state index contributed by atoms with van der Waals surface area (Å²) in [4.78, 5) is 5.14. The lowest BCUT2D eigenvalue weighted by Crippen LogP contribution is -2.42. The van der Waals surface area contributed by atoms with Gasteiger partial charge in [-0.05, 0) is 67.7 Å². The third-order valence-corrected chi connectivity index (χ3v) is 7.44. The minimum Gasteiger partial charge on any atom is -0.265 e. The van der Waals surface area contributed by atoms with Crippen molar-refractivity contribution >= 4 is 38.9 Å². The van der Waals surface area contributed by atoms with Crippen LogP contribution in [-0.4, -0.2) is 21.1 Å². The molecule has 2 aliphatic rings. The van der Waals surface area contributed by atoms with Crippen LogP contribution in [0, 0.1) is 12.8 Å². The Morgan fingerprint density at radius 3 is 2.38 bits per heavy atom. The van der Waals surface area contributed by atoms with E-state index in [1.165, 1.54) is 24.3 Å². The van der Waals surface area contributed by atoms with E-state index in [0.29, 0.717) is 23.6 Å². The summed E-state index contributed by atoms with van der Waals surface area (Å²) in [6, 6.07) is 7.88. The molecule has 1 atom stereocenters. The molecule has 2 aromatic rings. The van der Waals surface area contributed by atoms with E-state index < -0.39 is 21.8 Å². The average molecular weight is 507 g/mol. The molecule has 11 heteroatoms. The molecule has 1 aliphatic heterocycles. The quantitative estimate of drug-likeness (QED) is 0.556. The zero-order valence-electron chi connectivity index (χ0n) is 16.8. The van der Waals surface area contributed by atoms with Crippen LogP contribution in [0.2, 0.25) is 10.0 Å². The molecule has 1 heterocycles. The van der Waals surface area contributed by atoms with Gasteiger partial charge in [0.2, 0.25) is 15.6 Å². The number of alkyl halides is 3. The predicted octanol–water partition coefficient (Wildman–Crippen LogP) is 5.32. The third kappa shape index (κ3) is 4.49. The van der Waals surface area contributed by atoms with Crippen molar-refractivity contribution in [1.29, 1.82) is 0 Å². The first-order valence-corrected chi connectivity index (χ1v) is 12.0. The van der Waals surface area contributed by atoms with Gasteiger partial charge in [-0.25, -0.2) is 13.1 Å². The Morgan fingerprint density at radius 1 is 1.16 bits per heavy atom. The number of nitrogens with one attached hydrogen (secondary N) is 2. The van der Waals surface area contributed by atoms with Crippen molar-refractivity contribution in [2.75, 3.05) is 6.54 Å². The van der Waals surface area contributed by atoms with Crippen molar-refractivity contribution in [2.24, 2.45) is 5.92 Å². The minimum absolute atomic E-state index is 0.0330. The van der Waals surface area contributed by atoms with Crippen LogP contribution in [0.1, 0.15) is 29.5 Å². The van der Waals surface area contributed by atoms with Crippen molar-refractivity contribution in [2.45, 2.75) is 36.4 Å². The second kappa shape index (κ2) is 8.22. The van der Waals surface area contributed by atoms with Crippen molar-refractivity contribution < 1.29 is 26.4 Å². The Kier molecular flexibility index (Phi) is 6.00. The number of halogens is 5. The highest BCUT2D eigenvalue weighted by atomic mass is 35.5. The maximum atomic E-state index is 14.1. The Morgan fingerprint density at radius 2 is 1.81 bits per heavy atom. The van der Waals surface area contributed by atoms with E-state index in [1.54, 1.807) is 6.92 Å². The third-order valence-electron chi connectivity index (χ3n) is 5.42. The number of hydroxylamine groups is 1. The van der Waals surface area contributed by atoms with Crippen LogP contribution in [0.25, 0.3) is 5.70 Å². The van der Waals surface area contributed by atoms with Gasteiger partial charge in [0.15, 0.2) is 0 Å². The molecule has 0 bridgehead atoms. The standard InChI is InChI=1S/C21H19Cl2F3N2O3S/c1-12-6-14(4-5-19(12)32(29,30)27-11-13-2-3-13)18-10-20(31-28-18,21(24,25)26)15-7-16(22)9-17(23)8-15/h4-10,13,27-28H,2-3,11H2,1H3. The van der Waals surface area contributed by atoms with Gasteiger partial charge in [0.05, 0.1) is 10.6 Å². The fraction of sp³-hybridized carbons (Fsp3) is 0.333. The van der Waals surface area contributed by atoms with Crippen molar-refractivity contribution in [1.82, 2.24) is 10.2 Å². The normalized spacial score (nSPS) is 21.4. The molecule has 0 aromatic heterocycles. The summed E-state index contributed by atoms with van der Waals surface area (Å²) in [6.07, 6.45) is -1.94. The molecule has 0 amide bonds. The van der Waals surface area contributed by atoms with Crippen LogP contribution in [0.5, 0.6) is 0 Å². The molecular formula is C21H19Cl2F3N2O3S. The number of rotatable bonds is 6.